The van der Waals surface area contributed by atoms with Crippen molar-refractivity contribution in [3.8, 4) is 0 Å². The third-order valence-electron chi connectivity index (χ3n) is 4.19. The summed E-state index contributed by atoms with van der Waals surface area (Å²) in [5.74, 6) is 0. The molecule has 0 bridgehead atoms. The van der Waals surface area contributed by atoms with E-state index in [4.69, 9.17) is 0 Å². The molecule has 0 aromatic rings. The predicted molar refractivity (Wildman–Crippen MR) is 51.0 cm³/mol. The van der Waals surface area contributed by atoms with Crippen LogP contribution in [0.2, 0.25) is 0 Å². The first-order valence-electron chi connectivity index (χ1n) is 4.90. The number of hydrogen-bond acceptors (Lipinski definition) is 4. The van der Waals surface area contributed by atoms with E-state index < -0.39 is 27.8 Å². The van der Waals surface area contributed by atoms with E-state index in [2.05, 4.69) is 0 Å². The topological polar surface area (TPSA) is 68.3 Å². The second kappa shape index (κ2) is 2.04. The average Bonchev–Trinajstić information content (AvgIpc) is 1.72. The monoisotopic (exact) mass is 236 g/mol. The Morgan fingerprint density at radius 2 is 0.929 bits per heavy atom. The summed E-state index contributed by atoms with van der Waals surface area (Å²) in [5, 5.41) is 0. The van der Waals surface area contributed by atoms with Crippen molar-refractivity contribution in [3.63, 3.8) is 0 Å². The minimum Gasteiger partial charge on any atom is -0.226 e. The van der Waals surface area contributed by atoms with Crippen LogP contribution < -0.4 is 0 Å². The fraction of sp³-hybridized carbons (Fsp3) is 1.00. The molecule has 1 saturated heterocycles. The lowest BCUT2D eigenvalue weighted by Crippen LogP contribution is -2.78. The number of rotatable bonds is 0. The Morgan fingerprint density at radius 3 is 1.07 bits per heavy atom. The summed E-state index contributed by atoms with van der Waals surface area (Å²) in [4.78, 5) is 0. The molecule has 2 saturated carbocycles. The summed E-state index contributed by atoms with van der Waals surface area (Å²) in [6, 6.07) is 0. The first-order chi connectivity index (χ1) is 6.41. The molecular weight excluding hydrogens is 224 g/mol. The van der Waals surface area contributed by atoms with Gasteiger partial charge in [0.05, 0.1) is 0 Å². The Morgan fingerprint density at radius 1 is 0.643 bits per heavy atom. The van der Waals surface area contributed by atoms with E-state index in [1.54, 1.807) is 0 Å². The van der Waals surface area contributed by atoms with Crippen LogP contribution in [0.15, 0.2) is 0 Å². The number of hydrogen-bond donors (Lipinski definition) is 0. The molecule has 3 rings (SSSR count). The molecule has 2 spiro atoms. The zero-order valence-electron chi connectivity index (χ0n) is 7.69. The highest BCUT2D eigenvalue weighted by atomic mass is 32.3. The van der Waals surface area contributed by atoms with Gasteiger partial charge in [0, 0.05) is 0 Å². The third kappa shape index (κ3) is 0.525. The van der Waals surface area contributed by atoms with Crippen LogP contribution in [0.1, 0.15) is 38.5 Å². The molecule has 3 fully saturated rings. The van der Waals surface area contributed by atoms with Crippen molar-refractivity contribution in [3.05, 3.63) is 0 Å². The molecular formula is C8H12O4S2. The second-order valence-electron chi connectivity index (χ2n) is 4.54. The second-order valence-corrected chi connectivity index (χ2v) is 10.2. The van der Waals surface area contributed by atoms with Crippen molar-refractivity contribution in [2.24, 2.45) is 0 Å². The van der Waals surface area contributed by atoms with Gasteiger partial charge in [0.2, 0.25) is 0 Å². The van der Waals surface area contributed by atoms with E-state index in [0.717, 1.165) is 12.8 Å². The van der Waals surface area contributed by atoms with Gasteiger partial charge in [-0.05, 0) is 38.5 Å². The highest BCUT2D eigenvalue weighted by Crippen LogP contribution is 2.67. The fourth-order valence-corrected chi connectivity index (χ4v) is 11.3. The minimum absolute atomic E-state index is 0.333. The zero-order valence-corrected chi connectivity index (χ0v) is 9.33. The number of sulfone groups is 2. The minimum atomic E-state index is -3.38. The summed E-state index contributed by atoms with van der Waals surface area (Å²) in [5.41, 5.74) is 0. The van der Waals surface area contributed by atoms with E-state index in [-0.39, 0.29) is 0 Å². The maximum atomic E-state index is 12.0. The Balaban J connectivity index is 2.24. The maximum absolute atomic E-state index is 12.0. The van der Waals surface area contributed by atoms with Gasteiger partial charge in [-0.15, -0.1) is 0 Å². The van der Waals surface area contributed by atoms with Gasteiger partial charge in [-0.3, -0.25) is 0 Å². The van der Waals surface area contributed by atoms with E-state index >= 15 is 0 Å². The van der Waals surface area contributed by atoms with Gasteiger partial charge in [-0.2, -0.15) is 0 Å². The van der Waals surface area contributed by atoms with Crippen molar-refractivity contribution in [1.82, 2.24) is 0 Å². The maximum Gasteiger partial charge on any atom is 0.190 e. The molecule has 0 radical (unpaired) electrons. The van der Waals surface area contributed by atoms with Crippen LogP contribution in [0.25, 0.3) is 0 Å². The van der Waals surface area contributed by atoms with E-state index in [9.17, 15) is 16.8 Å². The summed E-state index contributed by atoms with van der Waals surface area (Å²) < 4.78 is 45.3. The van der Waals surface area contributed by atoms with Crippen LogP contribution >= 0.6 is 0 Å². The van der Waals surface area contributed by atoms with Crippen LogP contribution in [0.5, 0.6) is 0 Å². The van der Waals surface area contributed by atoms with Gasteiger partial charge >= 0.3 is 0 Å². The normalized spacial score (nSPS) is 38.3. The lowest BCUT2D eigenvalue weighted by Gasteiger charge is -2.61. The molecule has 2 aliphatic carbocycles. The van der Waals surface area contributed by atoms with Gasteiger partial charge < -0.3 is 0 Å². The Hall–Kier alpha value is -0.100. The Labute approximate surface area is 83.5 Å². The summed E-state index contributed by atoms with van der Waals surface area (Å²) in [6.07, 6.45) is 2.79. The highest BCUT2D eigenvalue weighted by Gasteiger charge is 2.84. The molecule has 0 unspecified atom stereocenters. The van der Waals surface area contributed by atoms with Gasteiger partial charge in [0.15, 0.2) is 27.8 Å². The van der Waals surface area contributed by atoms with E-state index in [0.29, 0.717) is 25.7 Å². The van der Waals surface area contributed by atoms with Gasteiger partial charge in [-0.25, -0.2) is 16.8 Å². The molecule has 0 atom stereocenters. The molecule has 3 aliphatic rings. The molecule has 1 heterocycles. The molecule has 1 aliphatic heterocycles. The lowest BCUT2D eigenvalue weighted by molar-refractivity contribution is 0.324. The smallest absolute Gasteiger partial charge is 0.190 e. The zero-order chi connectivity index (χ0) is 10.2. The molecule has 0 amide bonds. The first kappa shape index (κ1) is 9.15. The molecule has 0 aromatic carbocycles. The van der Waals surface area contributed by atoms with Crippen LogP contribution in [-0.2, 0) is 19.7 Å². The van der Waals surface area contributed by atoms with Crippen molar-refractivity contribution < 1.29 is 16.8 Å². The van der Waals surface area contributed by atoms with Crippen LogP contribution in [-0.4, -0.2) is 25.0 Å². The van der Waals surface area contributed by atoms with Crippen molar-refractivity contribution in [2.45, 2.75) is 46.7 Å². The molecule has 0 N–H and O–H groups in total. The molecule has 0 aromatic heterocycles. The Kier molecular flexibility index (Phi) is 1.34. The predicted octanol–water partition coefficient (Wildman–Crippen LogP) is 0.590. The van der Waals surface area contributed by atoms with Crippen molar-refractivity contribution >= 4 is 19.7 Å². The van der Waals surface area contributed by atoms with Gasteiger partial charge in [0.25, 0.3) is 0 Å². The van der Waals surface area contributed by atoms with Gasteiger partial charge in [0.1, 0.15) is 0 Å². The first-order valence-corrected chi connectivity index (χ1v) is 7.86. The van der Waals surface area contributed by atoms with E-state index in [1.165, 1.54) is 0 Å². The quantitative estimate of drug-likeness (QED) is 0.617. The average molecular weight is 236 g/mol. The van der Waals surface area contributed by atoms with Crippen LogP contribution in [0.4, 0.5) is 0 Å². The van der Waals surface area contributed by atoms with Crippen molar-refractivity contribution in [2.75, 3.05) is 0 Å². The Bertz CT molecular complexity index is 419. The summed E-state index contributed by atoms with van der Waals surface area (Å²) >= 11 is 0. The fourth-order valence-electron chi connectivity index (χ4n) is 2.94. The molecule has 6 heteroatoms. The van der Waals surface area contributed by atoms with Crippen LogP contribution in [0, 0.1) is 0 Å². The third-order valence-corrected chi connectivity index (χ3v) is 12.4. The summed E-state index contributed by atoms with van der Waals surface area (Å²) in [6.45, 7) is 0. The standard InChI is InChI=1S/C8H12O4S2/c9-13(10)7(3-1-4-7)14(11,12)8(13)5-2-6-8/h1-6H2. The molecule has 14 heavy (non-hydrogen) atoms. The molecule has 80 valence electrons. The van der Waals surface area contributed by atoms with Crippen LogP contribution in [0.3, 0.4) is 0 Å². The van der Waals surface area contributed by atoms with E-state index in [1.807, 2.05) is 0 Å². The lowest BCUT2D eigenvalue weighted by atomic mass is 9.96. The van der Waals surface area contributed by atoms with Gasteiger partial charge in [-0.1, -0.05) is 0 Å². The SMILES string of the molecule is O=S1(=O)C2(CCC2)S(=O)(=O)C12CCC2. The molecule has 4 nitrogen and oxygen atoms in total. The summed E-state index contributed by atoms with van der Waals surface area (Å²) in [7, 11) is -6.77. The highest BCUT2D eigenvalue weighted by molar-refractivity contribution is 8.27. The van der Waals surface area contributed by atoms with Crippen molar-refractivity contribution in [1.29, 1.82) is 0 Å². The largest absolute Gasteiger partial charge is 0.226 e.